The Bertz CT molecular complexity index is 1350. The average molecular weight is 505 g/mol. The van der Waals surface area contributed by atoms with Crippen molar-refractivity contribution in [1.29, 1.82) is 0 Å². The fourth-order valence-electron chi connectivity index (χ4n) is 5.81. The van der Waals surface area contributed by atoms with E-state index in [0.29, 0.717) is 30.1 Å². The van der Waals surface area contributed by atoms with E-state index >= 15 is 0 Å². The van der Waals surface area contributed by atoms with Gasteiger partial charge in [-0.3, -0.25) is 19.2 Å². The number of carbonyl (C=O) groups is 2. The Morgan fingerprint density at radius 1 is 1.11 bits per heavy atom. The standard InChI is InChI=1S/C26H32N8O3/c1-14-15(2)25(33-13-30-20-22(27)28-12-29-23(20)33)37-19(14)11-32-10-18(32)24(35)34-21(16(3)31(4)26(34)36)17-8-6-5-7-9-17/h5-9,12-16,18-19,21,25H,10-11H2,1-4H3,(H2,27,28,29)/t14-,15?,16+,18?,19-,21+,25-,32?/m1/s1. The van der Waals surface area contributed by atoms with Gasteiger partial charge in [-0.05, 0) is 18.4 Å². The third kappa shape index (κ3) is 3.75. The number of aromatic nitrogens is 4. The van der Waals surface area contributed by atoms with Crippen molar-refractivity contribution in [1.82, 2.24) is 34.2 Å². The number of nitrogens with zero attached hydrogens (tertiary/aromatic N) is 7. The van der Waals surface area contributed by atoms with Gasteiger partial charge in [0.05, 0.1) is 24.5 Å². The molecule has 194 valence electrons. The number of urea groups is 1. The number of rotatable bonds is 5. The first-order valence-electron chi connectivity index (χ1n) is 12.7. The van der Waals surface area contributed by atoms with Crippen molar-refractivity contribution < 1.29 is 14.3 Å². The van der Waals surface area contributed by atoms with E-state index in [-0.39, 0.29) is 54.2 Å². The number of amides is 3. The van der Waals surface area contributed by atoms with E-state index < -0.39 is 0 Å². The first-order valence-corrected chi connectivity index (χ1v) is 12.7. The summed E-state index contributed by atoms with van der Waals surface area (Å²) in [7, 11) is 1.76. The highest BCUT2D eigenvalue weighted by molar-refractivity contribution is 6.00. The van der Waals surface area contributed by atoms with E-state index in [9.17, 15) is 9.59 Å². The summed E-state index contributed by atoms with van der Waals surface area (Å²) >= 11 is 0. The molecule has 0 spiro atoms. The zero-order valence-corrected chi connectivity index (χ0v) is 21.4. The van der Waals surface area contributed by atoms with Crippen LogP contribution in [0.5, 0.6) is 0 Å². The first-order chi connectivity index (χ1) is 17.8. The first kappa shape index (κ1) is 23.8. The number of hydrogen-bond acceptors (Lipinski definition) is 8. The van der Waals surface area contributed by atoms with Gasteiger partial charge in [-0.15, -0.1) is 0 Å². The molecule has 1 aromatic carbocycles. The molecule has 37 heavy (non-hydrogen) atoms. The van der Waals surface area contributed by atoms with Gasteiger partial charge in [-0.2, -0.15) is 0 Å². The number of likely N-dealkylation sites (N-methyl/N-ethyl adjacent to an activating group) is 1. The smallest absolute Gasteiger partial charge is 0.327 e. The van der Waals surface area contributed by atoms with Gasteiger partial charge in [-0.25, -0.2) is 19.7 Å². The van der Waals surface area contributed by atoms with Crippen LogP contribution < -0.4 is 5.73 Å². The van der Waals surface area contributed by atoms with Crippen LogP contribution in [0.4, 0.5) is 10.6 Å². The lowest BCUT2D eigenvalue weighted by Gasteiger charge is -2.24. The summed E-state index contributed by atoms with van der Waals surface area (Å²) in [6.07, 6.45) is 2.82. The van der Waals surface area contributed by atoms with Gasteiger partial charge in [0.1, 0.15) is 24.1 Å². The van der Waals surface area contributed by atoms with Crippen LogP contribution in [0.15, 0.2) is 43.0 Å². The Labute approximate surface area is 215 Å². The molecule has 6 rings (SSSR count). The Balaban J connectivity index is 1.16. The second-order valence-electron chi connectivity index (χ2n) is 10.5. The van der Waals surface area contributed by atoms with E-state index in [1.54, 1.807) is 18.3 Å². The van der Waals surface area contributed by atoms with E-state index in [0.717, 1.165) is 5.56 Å². The van der Waals surface area contributed by atoms with Crippen molar-refractivity contribution in [3.05, 3.63) is 48.5 Å². The quantitative estimate of drug-likeness (QED) is 0.525. The Hall–Kier alpha value is -3.57. The predicted octanol–water partition coefficient (Wildman–Crippen LogP) is 2.29. The minimum absolute atomic E-state index is 0.0739. The van der Waals surface area contributed by atoms with Gasteiger partial charge in [-0.1, -0.05) is 44.2 Å². The third-order valence-corrected chi connectivity index (χ3v) is 8.49. The lowest BCUT2D eigenvalue weighted by Crippen LogP contribution is -2.40. The van der Waals surface area contributed by atoms with Crippen LogP contribution in [0, 0.1) is 11.8 Å². The normalized spacial score (nSPS) is 33.5. The molecule has 5 heterocycles. The van der Waals surface area contributed by atoms with Crippen LogP contribution in [-0.2, 0) is 9.53 Å². The second kappa shape index (κ2) is 8.77. The number of ether oxygens (including phenoxy) is 1. The minimum Gasteiger partial charge on any atom is -0.382 e. The average Bonchev–Trinajstić information content (AvgIpc) is 3.36. The predicted molar refractivity (Wildman–Crippen MR) is 136 cm³/mol. The van der Waals surface area contributed by atoms with Crippen LogP contribution in [0.3, 0.4) is 0 Å². The molecule has 3 aliphatic heterocycles. The number of nitrogens with two attached hydrogens (primary N) is 1. The molecule has 3 unspecified atom stereocenters. The van der Waals surface area contributed by atoms with Crippen molar-refractivity contribution in [2.75, 3.05) is 25.9 Å². The molecule has 2 N–H and O–H groups in total. The monoisotopic (exact) mass is 504 g/mol. The zero-order valence-electron chi connectivity index (χ0n) is 21.4. The molecule has 11 nitrogen and oxygen atoms in total. The number of nitrogen functional groups attached to an aromatic ring is 1. The molecular weight excluding hydrogens is 472 g/mol. The number of imide groups is 1. The summed E-state index contributed by atoms with van der Waals surface area (Å²) in [6, 6.07) is 8.81. The molecule has 3 saturated heterocycles. The summed E-state index contributed by atoms with van der Waals surface area (Å²) < 4.78 is 8.43. The number of imidazole rings is 1. The highest BCUT2D eigenvalue weighted by Crippen LogP contribution is 2.42. The topological polar surface area (TPSA) is 122 Å². The molecule has 11 heteroatoms. The zero-order chi connectivity index (χ0) is 26.0. The molecule has 0 saturated carbocycles. The molecule has 0 bridgehead atoms. The lowest BCUT2D eigenvalue weighted by atomic mass is 9.92. The fraction of sp³-hybridized carbons (Fsp3) is 0.500. The van der Waals surface area contributed by atoms with Gasteiger partial charge in [0.15, 0.2) is 11.5 Å². The summed E-state index contributed by atoms with van der Waals surface area (Å²) in [5, 5.41) is 0. The van der Waals surface area contributed by atoms with Crippen molar-refractivity contribution in [3.8, 4) is 0 Å². The van der Waals surface area contributed by atoms with Crippen molar-refractivity contribution in [2.24, 2.45) is 11.8 Å². The largest absolute Gasteiger partial charge is 0.382 e. The molecule has 8 atom stereocenters. The SMILES string of the molecule is CC1[C@@H](C)[C@@H](CN2CC2C(=O)N2C(=O)N(C)[C@@H](C)[C@H]2c2ccccc2)O[C@H]1n1cnc2c(N)ncnc21. The van der Waals surface area contributed by atoms with Crippen molar-refractivity contribution >= 4 is 28.9 Å². The van der Waals surface area contributed by atoms with E-state index in [1.165, 1.54) is 11.2 Å². The lowest BCUT2D eigenvalue weighted by molar-refractivity contribution is -0.129. The van der Waals surface area contributed by atoms with Gasteiger partial charge >= 0.3 is 6.03 Å². The van der Waals surface area contributed by atoms with Crippen LogP contribution in [0.2, 0.25) is 0 Å². The number of carbonyl (C=O) groups excluding carboxylic acids is 2. The molecule has 3 aliphatic rings. The fourth-order valence-corrected chi connectivity index (χ4v) is 5.81. The number of fused-ring (bicyclic) bond motifs is 1. The third-order valence-electron chi connectivity index (χ3n) is 8.49. The maximum absolute atomic E-state index is 13.6. The highest BCUT2D eigenvalue weighted by Gasteiger charge is 2.53. The molecule has 3 fully saturated rings. The van der Waals surface area contributed by atoms with Crippen LogP contribution in [-0.4, -0.2) is 84.5 Å². The van der Waals surface area contributed by atoms with E-state index in [2.05, 4.69) is 33.7 Å². The molecule has 0 radical (unpaired) electrons. The second-order valence-corrected chi connectivity index (χ2v) is 10.5. The molecular formula is C26H32N8O3. The highest BCUT2D eigenvalue weighted by atomic mass is 16.5. The summed E-state index contributed by atoms with van der Waals surface area (Å²) in [5.74, 6) is 0.646. The van der Waals surface area contributed by atoms with E-state index in [4.69, 9.17) is 10.5 Å². The Kier molecular flexibility index (Phi) is 5.64. The van der Waals surface area contributed by atoms with E-state index in [1.807, 2.05) is 41.8 Å². The van der Waals surface area contributed by atoms with Gasteiger partial charge < -0.3 is 15.4 Å². The molecule has 0 aliphatic carbocycles. The van der Waals surface area contributed by atoms with Gasteiger partial charge in [0, 0.05) is 26.1 Å². The number of anilines is 1. The molecule has 3 amide bonds. The van der Waals surface area contributed by atoms with Crippen LogP contribution in [0.25, 0.3) is 11.2 Å². The molecule has 3 aromatic rings. The minimum atomic E-state index is -0.319. The number of benzene rings is 1. The van der Waals surface area contributed by atoms with Crippen LogP contribution in [0.1, 0.15) is 38.6 Å². The van der Waals surface area contributed by atoms with Crippen molar-refractivity contribution in [3.63, 3.8) is 0 Å². The maximum Gasteiger partial charge on any atom is 0.327 e. The van der Waals surface area contributed by atoms with Crippen LogP contribution >= 0.6 is 0 Å². The summed E-state index contributed by atoms with van der Waals surface area (Å²) in [6.45, 7) is 7.55. The Morgan fingerprint density at radius 2 is 1.86 bits per heavy atom. The number of hydrogen-bond donors (Lipinski definition) is 1. The summed E-state index contributed by atoms with van der Waals surface area (Å²) in [4.78, 5) is 44.7. The van der Waals surface area contributed by atoms with Gasteiger partial charge in [0.2, 0.25) is 5.91 Å². The maximum atomic E-state index is 13.6. The summed E-state index contributed by atoms with van der Waals surface area (Å²) in [5.41, 5.74) is 8.14. The molecule has 2 aromatic heterocycles. The van der Waals surface area contributed by atoms with Gasteiger partial charge in [0.25, 0.3) is 0 Å². The van der Waals surface area contributed by atoms with Crippen molar-refractivity contribution in [2.45, 2.75) is 51.2 Å². The Morgan fingerprint density at radius 3 is 2.62 bits per heavy atom.